The summed E-state index contributed by atoms with van der Waals surface area (Å²) in [5.41, 5.74) is 1.11. The molecular formula is C17H13ClF3N3OS. The molecule has 0 radical (unpaired) electrons. The number of halogens is 4. The summed E-state index contributed by atoms with van der Waals surface area (Å²) in [6, 6.07) is 7.93. The lowest BCUT2D eigenvalue weighted by molar-refractivity contribution is -0.137. The molecule has 4 nitrogen and oxygen atoms in total. The van der Waals surface area contributed by atoms with Crippen molar-refractivity contribution in [2.24, 2.45) is 0 Å². The first-order valence-corrected chi connectivity index (χ1v) is 8.80. The highest BCUT2D eigenvalue weighted by Crippen LogP contribution is 2.34. The molecule has 1 aromatic heterocycles. The number of thiazole rings is 1. The Bertz CT molecular complexity index is 972. The Morgan fingerprint density at radius 1 is 1.19 bits per heavy atom. The zero-order chi connectivity index (χ0) is 18.9. The van der Waals surface area contributed by atoms with E-state index in [-0.39, 0.29) is 10.7 Å². The Hall–Kier alpha value is -2.32. The highest BCUT2D eigenvalue weighted by Gasteiger charge is 2.31. The van der Waals surface area contributed by atoms with Crippen LogP contribution in [0, 0.1) is 0 Å². The zero-order valence-corrected chi connectivity index (χ0v) is 15.0. The second-order valence-corrected chi connectivity index (χ2v) is 6.88. The molecule has 0 fully saturated rings. The van der Waals surface area contributed by atoms with Gasteiger partial charge in [-0.3, -0.25) is 5.32 Å². The molecule has 0 aliphatic heterocycles. The predicted molar refractivity (Wildman–Crippen MR) is 98.1 cm³/mol. The van der Waals surface area contributed by atoms with Crippen molar-refractivity contribution < 1.29 is 18.0 Å². The molecule has 0 aliphatic rings. The van der Waals surface area contributed by atoms with E-state index in [1.807, 2.05) is 25.1 Å². The second-order valence-electron chi connectivity index (χ2n) is 5.45. The molecule has 0 saturated carbocycles. The zero-order valence-electron chi connectivity index (χ0n) is 13.4. The highest BCUT2D eigenvalue weighted by molar-refractivity contribution is 7.22. The van der Waals surface area contributed by atoms with Crippen molar-refractivity contribution in [3.63, 3.8) is 0 Å². The molecule has 2 aromatic carbocycles. The molecule has 3 aromatic rings. The second kappa shape index (κ2) is 7.13. The number of aromatic nitrogens is 1. The van der Waals surface area contributed by atoms with Crippen LogP contribution in [0.1, 0.15) is 18.1 Å². The molecule has 0 atom stereocenters. The maximum atomic E-state index is 12.6. The molecule has 0 unspecified atom stereocenters. The predicted octanol–water partition coefficient (Wildman–Crippen LogP) is 6.17. The van der Waals surface area contributed by atoms with E-state index >= 15 is 0 Å². The van der Waals surface area contributed by atoms with Crippen LogP contribution in [0.3, 0.4) is 0 Å². The molecule has 136 valence electrons. The smallest absolute Gasteiger partial charge is 0.306 e. The van der Waals surface area contributed by atoms with Gasteiger partial charge in [-0.15, -0.1) is 0 Å². The topological polar surface area (TPSA) is 54.0 Å². The molecule has 1 heterocycles. The van der Waals surface area contributed by atoms with Crippen LogP contribution in [-0.2, 0) is 12.6 Å². The van der Waals surface area contributed by atoms with Gasteiger partial charge in [0.05, 0.1) is 26.5 Å². The molecule has 0 aliphatic carbocycles. The monoisotopic (exact) mass is 399 g/mol. The van der Waals surface area contributed by atoms with Crippen molar-refractivity contribution in [3.05, 3.63) is 52.5 Å². The number of hydrogen-bond acceptors (Lipinski definition) is 3. The lowest BCUT2D eigenvalue weighted by Crippen LogP contribution is -2.19. The largest absolute Gasteiger partial charge is 0.416 e. The summed E-state index contributed by atoms with van der Waals surface area (Å²) < 4.78 is 38.9. The maximum Gasteiger partial charge on any atom is 0.416 e. The number of carbonyl (C=O) groups is 1. The van der Waals surface area contributed by atoms with Gasteiger partial charge in [0.15, 0.2) is 5.13 Å². The molecule has 26 heavy (non-hydrogen) atoms. The summed E-state index contributed by atoms with van der Waals surface area (Å²) in [4.78, 5) is 16.4. The number of nitrogens with one attached hydrogen (secondary N) is 2. The molecule has 0 bridgehead atoms. The standard InChI is InChI=1S/C17H13ClF3N3OS/c1-2-9-3-5-13-14(7-9)26-16(23-13)24-15(25)22-12-6-4-10(8-11(12)18)17(19,20)21/h3-8H,2H2,1H3,(H2,22,23,24,25). The van der Waals surface area contributed by atoms with E-state index in [1.165, 1.54) is 11.3 Å². The first kappa shape index (κ1) is 18.5. The van der Waals surface area contributed by atoms with Crippen LogP contribution in [-0.4, -0.2) is 11.0 Å². The number of aryl methyl sites for hydroxylation is 1. The number of carbonyl (C=O) groups excluding carboxylic acids is 1. The Morgan fingerprint density at radius 3 is 2.62 bits per heavy atom. The van der Waals surface area contributed by atoms with E-state index in [1.54, 1.807) is 0 Å². The minimum atomic E-state index is -4.50. The van der Waals surface area contributed by atoms with Gasteiger partial charge in [-0.25, -0.2) is 9.78 Å². The third-order valence-electron chi connectivity index (χ3n) is 3.63. The van der Waals surface area contributed by atoms with Crippen LogP contribution in [0.5, 0.6) is 0 Å². The van der Waals surface area contributed by atoms with Crippen molar-refractivity contribution >= 4 is 50.0 Å². The number of urea groups is 1. The Kier molecular flexibility index (Phi) is 5.06. The maximum absolute atomic E-state index is 12.6. The number of benzene rings is 2. The summed E-state index contributed by atoms with van der Waals surface area (Å²) in [7, 11) is 0. The lowest BCUT2D eigenvalue weighted by Gasteiger charge is -2.11. The summed E-state index contributed by atoms with van der Waals surface area (Å²) in [5.74, 6) is 0. The number of fused-ring (bicyclic) bond motifs is 1. The first-order chi connectivity index (χ1) is 12.3. The van der Waals surface area contributed by atoms with Crippen molar-refractivity contribution in [3.8, 4) is 0 Å². The number of rotatable bonds is 3. The van der Waals surface area contributed by atoms with E-state index in [0.29, 0.717) is 5.13 Å². The molecule has 9 heteroatoms. The number of hydrogen-bond donors (Lipinski definition) is 2. The number of nitrogens with zero attached hydrogens (tertiary/aromatic N) is 1. The van der Waals surface area contributed by atoms with E-state index in [0.717, 1.165) is 40.4 Å². The Morgan fingerprint density at radius 2 is 1.96 bits per heavy atom. The van der Waals surface area contributed by atoms with Gasteiger partial charge in [-0.2, -0.15) is 13.2 Å². The number of anilines is 2. The minimum Gasteiger partial charge on any atom is -0.306 e. The van der Waals surface area contributed by atoms with Gasteiger partial charge in [-0.1, -0.05) is 35.9 Å². The average molecular weight is 400 g/mol. The molecule has 2 N–H and O–H groups in total. The van der Waals surface area contributed by atoms with Gasteiger partial charge in [0, 0.05) is 0 Å². The van der Waals surface area contributed by atoms with Crippen LogP contribution >= 0.6 is 22.9 Å². The number of amides is 2. The molecule has 3 rings (SSSR count). The van der Waals surface area contributed by atoms with Gasteiger partial charge in [0.25, 0.3) is 0 Å². The fourth-order valence-electron chi connectivity index (χ4n) is 2.29. The quantitative estimate of drug-likeness (QED) is 0.553. The summed E-state index contributed by atoms with van der Waals surface area (Å²) in [6.07, 6.45) is -3.60. The van der Waals surface area contributed by atoms with Gasteiger partial charge in [-0.05, 0) is 42.3 Å². The third kappa shape index (κ3) is 4.08. The van der Waals surface area contributed by atoms with Crippen LogP contribution in [0.2, 0.25) is 5.02 Å². The van der Waals surface area contributed by atoms with Crippen LogP contribution in [0.4, 0.5) is 28.8 Å². The number of alkyl halides is 3. The summed E-state index contributed by atoms with van der Waals surface area (Å²) in [6.45, 7) is 2.04. The van der Waals surface area contributed by atoms with Crippen molar-refractivity contribution in [1.82, 2.24) is 4.98 Å². The molecule has 0 saturated heterocycles. The first-order valence-electron chi connectivity index (χ1n) is 7.60. The molecule has 0 spiro atoms. The Balaban J connectivity index is 1.73. The van der Waals surface area contributed by atoms with E-state index in [2.05, 4.69) is 15.6 Å². The third-order valence-corrected chi connectivity index (χ3v) is 4.87. The summed E-state index contributed by atoms with van der Waals surface area (Å²) >= 11 is 7.14. The normalized spacial score (nSPS) is 11.6. The Labute approximate surface area is 156 Å². The van der Waals surface area contributed by atoms with E-state index in [9.17, 15) is 18.0 Å². The minimum absolute atomic E-state index is 0.0755. The fraction of sp³-hybridized carbons (Fsp3) is 0.176. The lowest BCUT2D eigenvalue weighted by atomic mass is 10.2. The van der Waals surface area contributed by atoms with Crippen LogP contribution in [0.15, 0.2) is 36.4 Å². The van der Waals surface area contributed by atoms with Gasteiger partial charge >= 0.3 is 12.2 Å². The van der Waals surface area contributed by atoms with Crippen LogP contribution < -0.4 is 10.6 Å². The van der Waals surface area contributed by atoms with Gasteiger partial charge in [0.2, 0.25) is 0 Å². The van der Waals surface area contributed by atoms with Crippen molar-refractivity contribution in [2.75, 3.05) is 10.6 Å². The average Bonchev–Trinajstić information content (AvgIpc) is 2.96. The highest BCUT2D eigenvalue weighted by atomic mass is 35.5. The SMILES string of the molecule is CCc1ccc2nc(NC(=O)Nc3ccc(C(F)(F)F)cc3Cl)sc2c1. The van der Waals surface area contributed by atoms with Crippen molar-refractivity contribution in [2.45, 2.75) is 19.5 Å². The summed E-state index contributed by atoms with van der Waals surface area (Å²) in [5, 5.41) is 5.17. The van der Waals surface area contributed by atoms with Crippen LogP contribution in [0.25, 0.3) is 10.2 Å². The van der Waals surface area contributed by atoms with Gasteiger partial charge < -0.3 is 5.32 Å². The van der Waals surface area contributed by atoms with E-state index < -0.39 is 17.8 Å². The van der Waals surface area contributed by atoms with Gasteiger partial charge in [0.1, 0.15) is 0 Å². The van der Waals surface area contributed by atoms with Crippen molar-refractivity contribution in [1.29, 1.82) is 0 Å². The fourth-order valence-corrected chi connectivity index (χ4v) is 3.44. The van der Waals surface area contributed by atoms with E-state index in [4.69, 9.17) is 11.6 Å². The molecular weight excluding hydrogens is 387 g/mol. The molecule has 2 amide bonds.